The summed E-state index contributed by atoms with van der Waals surface area (Å²) in [7, 11) is 6.77. The van der Waals surface area contributed by atoms with Gasteiger partial charge in [0.1, 0.15) is 0 Å². The van der Waals surface area contributed by atoms with E-state index in [1.807, 2.05) is 6.07 Å². The Balaban J connectivity index is 0.00000320. The van der Waals surface area contributed by atoms with E-state index in [2.05, 4.69) is 67.1 Å². The Morgan fingerprint density at radius 2 is 1.46 bits per heavy atom. The predicted octanol–water partition coefficient (Wildman–Crippen LogP) is 3.10. The molecule has 194 valence electrons. The molecule has 1 aromatic heterocycles. The maximum Gasteiger partial charge on any atom is 0.217 e. The lowest BCUT2D eigenvalue weighted by molar-refractivity contribution is -0.686. The first-order valence-electron chi connectivity index (χ1n) is 12.4. The van der Waals surface area contributed by atoms with Crippen LogP contribution in [0.15, 0.2) is 54.7 Å². The number of methoxy groups -OCH3 is 4. The number of aryl methyl sites for hydroxylation is 2. The molecule has 0 N–H and O–H groups in total. The topological polar surface area (TPSA) is 40.8 Å². The number of benzene rings is 3. The largest absolute Gasteiger partial charge is 1.00 e. The molecule has 6 heteroatoms. The van der Waals surface area contributed by atoms with E-state index in [1.54, 1.807) is 28.4 Å². The average molecular weight is 565 g/mol. The van der Waals surface area contributed by atoms with Crippen molar-refractivity contribution in [2.24, 2.45) is 0 Å². The lowest BCUT2D eigenvalue weighted by atomic mass is 9.88. The first-order chi connectivity index (χ1) is 17.5. The summed E-state index contributed by atoms with van der Waals surface area (Å²) in [6.45, 7) is 5.32. The fourth-order valence-electron chi connectivity index (χ4n) is 5.35. The van der Waals surface area contributed by atoms with Crippen LogP contribution >= 0.6 is 0 Å². The standard InChI is InChI=1S/C31H34NO4.BrH/c1-19(2)21-9-7-20(8-10-21)15-25-23-11-12-27(33-3)31(36-6)26(23)18-32-14-13-22-16-28(34-4)29(35-5)17-24(22)30(25)32;/h7-12,16-19H,13-15H2,1-6H3;1H/q+1;/p-1. The quantitative estimate of drug-likeness (QED) is 0.324. The van der Waals surface area contributed by atoms with E-state index in [1.165, 1.54) is 33.5 Å². The molecule has 0 saturated carbocycles. The second-order valence-corrected chi connectivity index (χ2v) is 9.60. The van der Waals surface area contributed by atoms with Crippen LogP contribution in [0.5, 0.6) is 23.0 Å². The van der Waals surface area contributed by atoms with E-state index >= 15 is 0 Å². The van der Waals surface area contributed by atoms with E-state index in [-0.39, 0.29) is 17.0 Å². The molecule has 5 nitrogen and oxygen atoms in total. The minimum Gasteiger partial charge on any atom is -1.00 e. The van der Waals surface area contributed by atoms with Gasteiger partial charge in [0.15, 0.2) is 35.7 Å². The molecule has 0 amide bonds. The highest BCUT2D eigenvalue weighted by atomic mass is 79.9. The molecule has 0 spiro atoms. The molecule has 0 unspecified atom stereocenters. The molecular weight excluding hydrogens is 530 g/mol. The molecule has 0 fully saturated rings. The lowest BCUT2D eigenvalue weighted by Crippen LogP contribution is -3.00. The minimum atomic E-state index is 0. The fraction of sp³-hybridized carbons (Fsp3) is 0.323. The molecule has 2 heterocycles. The summed E-state index contributed by atoms with van der Waals surface area (Å²) in [6, 6.07) is 17.4. The number of rotatable bonds is 7. The lowest BCUT2D eigenvalue weighted by Gasteiger charge is -2.22. The molecule has 0 atom stereocenters. The van der Waals surface area contributed by atoms with Gasteiger partial charge in [-0.3, -0.25) is 0 Å². The Bertz CT molecular complexity index is 1430. The number of hydrogen-bond donors (Lipinski definition) is 0. The third-order valence-electron chi connectivity index (χ3n) is 7.28. The summed E-state index contributed by atoms with van der Waals surface area (Å²) >= 11 is 0. The van der Waals surface area contributed by atoms with Crippen molar-refractivity contribution in [3.05, 3.63) is 77.0 Å². The van der Waals surface area contributed by atoms with Crippen LogP contribution in [0.2, 0.25) is 0 Å². The molecule has 0 bridgehead atoms. The van der Waals surface area contributed by atoms with Crippen molar-refractivity contribution >= 4 is 10.8 Å². The average Bonchev–Trinajstić information content (AvgIpc) is 2.91. The third kappa shape index (κ3) is 4.75. The predicted molar refractivity (Wildman–Crippen MR) is 143 cm³/mol. The van der Waals surface area contributed by atoms with Gasteiger partial charge < -0.3 is 35.9 Å². The Labute approximate surface area is 229 Å². The third-order valence-corrected chi connectivity index (χ3v) is 7.28. The summed E-state index contributed by atoms with van der Waals surface area (Å²) in [4.78, 5) is 0. The number of hydrogen-bond acceptors (Lipinski definition) is 4. The summed E-state index contributed by atoms with van der Waals surface area (Å²) in [5, 5.41) is 2.22. The number of fused-ring (bicyclic) bond motifs is 4. The monoisotopic (exact) mass is 563 g/mol. The van der Waals surface area contributed by atoms with Crippen molar-refractivity contribution in [2.45, 2.75) is 39.2 Å². The summed E-state index contributed by atoms with van der Waals surface area (Å²) in [6.07, 6.45) is 3.92. The Morgan fingerprint density at radius 3 is 2.08 bits per heavy atom. The highest BCUT2D eigenvalue weighted by molar-refractivity contribution is 5.95. The van der Waals surface area contributed by atoms with Gasteiger partial charge in [0, 0.05) is 23.8 Å². The van der Waals surface area contributed by atoms with Gasteiger partial charge in [0.25, 0.3) is 0 Å². The number of ether oxygens (including phenoxy) is 4. The molecule has 1 aliphatic rings. The van der Waals surface area contributed by atoms with E-state index in [0.29, 0.717) is 5.92 Å². The van der Waals surface area contributed by atoms with Crippen molar-refractivity contribution in [1.82, 2.24) is 0 Å². The van der Waals surface area contributed by atoms with E-state index < -0.39 is 0 Å². The highest BCUT2D eigenvalue weighted by Crippen LogP contribution is 2.43. The number of nitrogens with zero attached hydrogens (tertiary/aromatic N) is 1. The van der Waals surface area contributed by atoms with Crippen molar-refractivity contribution in [2.75, 3.05) is 28.4 Å². The van der Waals surface area contributed by atoms with E-state index in [0.717, 1.165) is 53.2 Å². The normalized spacial score (nSPS) is 12.0. The fourth-order valence-corrected chi connectivity index (χ4v) is 5.35. The first kappa shape index (κ1) is 26.8. The van der Waals surface area contributed by atoms with Crippen LogP contribution in [0.1, 0.15) is 42.0 Å². The maximum atomic E-state index is 5.85. The Hall–Kier alpha value is -3.25. The Morgan fingerprint density at radius 1 is 0.784 bits per heavy atom. The van der Waals surface area contributed by atoms with Crippen molar-refractivity contribution < 1.29 is 40.5 Å². The van der Waals surface area contributed by atoms with Gasteiger partial charge in [-0.25, -0.2) is 0 Å². The van der Waals surface area contributed by atoms with Crippen molar-refractivity contribution in [3.8, 4) is 34.3 Å². The Kier molecular flexibility index (Phi) is 7.98. The van der Waals surface area contributed by atoms with Gasteiger partial charge in [-0.15, -0.1) is 0 Å². The molecule has 3 aromatic carbocycles. The van der Waals surface area contributed by atoms with Gasteiger partial charge in [0.05, 0.1) is 39.4 Å². The summed E-state index contributed by atoms with van der Waals surface area (Å²) in [5.74, 6) is 3.51. The van der Waals surface area contributed by atoms with Crippen LogP contribution in [0, 0.1) is 0 Å². The molecule has 0 aliphatic carbocycles. The van der Waals surface area contributed by atoms with Gasteiger partial charge in [-0.2, -0.15) is 4.57 Å². The minimum absolute atomic E-state index is 0. The van der Waals surface area contributed by atoms with Crippen LogP contribution in [0.25, 0.3) is 22.0 Å². The molecule has 1 aliphatic heterocycles. The van der Waals surface area contributed by atoms with Crippen LogP contribution in [0.4, 0.5) is 0 Å². The molecule has 0 radical (unpaired) electrons. The second kappa shape index (κ2) is 11.0. The highest BCUT2D eigenvalue weighted by Gasteiger charge is 2.31. The maximum absolute atomic E-state index is 5.85. The SMILES string of the molecule is COc1cc2c(cc1OC)-c1c(Cc3ccc(C(C)C)cc3)c3ccc(OC)c(OC)c3c[n+]1CC2.[Br-]. The van der Waals surface area contributed by atoms with Crippen molar-refractivity contribution in [3.63, 3.8) is 0 Å². The van der Waals surface area contributed by atoms with Gasteiger partial charge in [-0.1, -0.05) is 38.1 Å². The summed E-state index contributed by atoms with van der Waals surface area (Å²) < 4.78 is 25.1. The number of halogens is 1. The van der Waals surface area contributed by atoms with Crippen LogP contribution in [-0.2, 0) is 19.4 Å². The van der Waals surface area contributed by atoms with Gasteiger partial charge in [0.2, 0.25) is 5.69 Å². The van der Waals surface area contributed by atoms with Gasteiger partial charge in [-0.05, 0) is 46.9 Å². The molecule has 4 aromatic rings. The zero-order chi connectivity index (χ0) is 25.4. The molecule has 37 heavy (non-hydrogen) atoms. The van der Waals surface area contributed by atoms with E-state index in [4.69, 9.17) is 18.9 Å². The molecule has 5 rings (SSSR count). The zero-order valence-electron chi connectivity index (χ0n) is 22.4. The number of pyridine rings is 1. The smallest absolute Gasteiger partial charge is 0.217 e. The van der Waals surface area contributed by atoms with Crippen molar-refractivity contribution in [1.29, 1.82) is 0 Å². The first-order valence-corrected chi connectivity index (χ1v) is 12.4. The number of aromatic nitrogens is 1. The van der Waals surface area contributed by atoms with Crippen LogP contribution in [0.3, 0.4) is 0 Å². The van der Waals surface area contributed by atoms with Crippen LogP contribution in [-0.4, -0.2) is 28.4 Å². The molecule has 0 saturated heterocycles. The molecular formula is C31H34BrNO4. The van der Waals surface area contributed by atoms with Crippen LogP contribution < -0.4 is 40.5 Å². The second-order valence-electron chi connectivity index (χ2n) is 9.60. The van der Waals surface area contributed by atoms with Gasteiger partial charge >= 0.3 is 0 Å². The van der Waals surface area contributed by atoms with E-state index in [9.17, 15) is 0 Å². The zero-order valence-corrected chi connectivity index (χ0v) is 23.9. The summed E-state index contributed by atoms with van der Waals surface area (Å²) in [5.41, 5.74) is 7.55.